The van der Waals surface area contributed by atoms with Crippen molar-refractivity contribution in [1.29, 1.82) is 0 Å². The SMILES string of the molecule is NO[N+](=O)[O-].[Cu]. The molecule has 0 saturated heterocycles. The quantitative estimate of drug-likeness (QED) is 0.291. The van der Waals surface area contributed by atoms with Crippen LogP contribution in [0.2, 0.25) is 0 Å². The summed E-state index contributed by atoms with van der Waals surface area (Å²) in [6.07, 6.45) is 0. The Bertz CT molecular complexity index is 44.1. The van der Waals surface area contributed by atoms with E-state index in [1.54, 1.807) is 0 Å². The van der Waals surface area contributed by atoms with Gasteiger partial charge in [-0.05, 0) is 0 Å². The third-order valence-electron chi connectivity index (χ3n) is 0.0861. The zero-order valence-electron chi connectivity index (χ0n) is 2.55. The van der Waals surface area contributed by atoms with Crippen molar-refractivity contribution in [1.82, 2.24) is 0 Å². The Balaban J connectivity index is 0. The molecule has 0 atom stereocenters. The second-order valence-electron chi connectivity index (χ2n) is 0.329. The number of hydrogen-bond acceptors (Lipinski definition) is 4. The van der Waals surface area contributed by atoms with E-state index < -0.39 is 5.09 Å². The zero-order chi connectivity index (χ0) is 4.28. The van der Waals surface area contributed by atoms with Gasteiger partial charge in [-0.15, -0.1) is 10.1 Å². The first-order chi connectivity index (χ1) is 2.27. The fraction of sp³-hybridized carbons (Fsp3) is 0. The van der Waals surface area contributed by atoms with Crippen LogP contribution in [-0.4, -0.2) is 5.09 Å². The summed E-state index contributed by atoms with van der Waals surface area (Å²) in [5.74, 6) is 3.97. The molecule has 0 saturated carbocycles. The maximum atomic E-state index is 8.83. The Morgan fingerprint density at radius 1 is 1.83 bits per heavy atom. The van der Waals surface area contributed by atoms with Crippen LogP contribution in [0.15, 0.2) is 0 Å². The van der Waals surface area contributed by atoms with Crippen LogP contribution in [0.25, 0.3) is 0 Å². The van der Waals surface area contributed by atoms with Gasteiger partial charge in [0.25, 0.3) is 0 Å². The van der Waals surface area contributed by atoms with Crippen molar-refractivity contribution in [2.45, 2.75) is 0 Å². The summed E-state index contributed by atoms with van der Waals surface area (Å²) < 4.78 is 0. The predicted molar refractivity (Wildman–Crippen MR) is 12.3 cm³/mol. The van der Waals surface area contributed by atoms with Gasteiger partial charge in [0.2, 0.25) is 0 Å². The average molecular weight is 142 g/mol. The van der Waals surface area contributed by atoms with Crippen molar-refractivity contribution in [2.24, 2.45) is 5.90 Å². The Morgan fingerprint density at radius 2 is 2.00 bits per heavy atom. The molecule has 0 aromatic rings. The normalized spacial score (nSPS) is 5.50. The first-order valence-electron chi connectivity index (χ1n) is 0.783. The van der Waals surface area contributed by atoms with Gasteiger partial charge in [0, 0.05) is 17.1 Å². The van der Waals surface area contributed by atoms with E-state index >= 15 is 0 Å². The Morgan fingerprint density at radius 3 is 2.00 bits per heavy atom. The van der Waals surface area contributed by atoms with Crippen molar-refractivity contribution < 1.29 is 27.1 Å². The Labute approximate surface area is 44.0 Å². The fourth-order valence-corrected chi connectivity index (χ4v) is 0. The molecule has 0 amide bonds. The molecule has 6 heavy (non-hydrogen) atoms. The molecule has 0 rings (SSSR count). The van der Waals surface area contributed by atoms with Crippen LogP contribution in [-0.2, 0) is 22.0 Å². The van der Waals surface area contributed by atoms with Gasteiger partial charge in [0.05, 0.1) is 0 Å². The van der Waals surface area contributed by atoms with Gasteiger partial charge in [-0.1, -0.05) is 0 Å². The first kappa shape index (κ1) is 9.19. The summed E-state index contributed by atoms with van der Waals surface area (Å²) in [5, 5.41) is 7.73. The first-order valence-corrected chi connectivity index (χ1v) is 0.783. The second-order valence-corrected chi connectivity index (χ2v) is 0.329. The van der Waals surface area contributed by atoms with Crippen molar-refractivity contribution in [3.8, 4) is 0 Å². The van der Waals surface area contributed by atoms with E-state index in [2.05, 4.69) is 10.8 Å². The molecule has 0 spiro atoms. The summed E-state index contributed by atoms with van der Waals surface area (Å²) in [5.41, 5.74) is 0. The number of nitrogens with two attached hydrogens (primary N) is 1. The minimum atomic E-state index is -1.10. The third-order valence-corrected chi connectivity index (χ3v) is 0.0861. The number of hydrogen-bond donors (Lipinski definition) is 1. The zero-order valence-corrected chi connectivity index (χ0v) is 3.49. The van der Waals surface area contributed by atoms with E-state index in [9.17, 15) is 0 Å². The molecule has 0 aliphatic carbocycles. The van der Waals surface area contributed by atoms with Gasteiger partial charge >= 0.3 is 5.09 Å². The van der Waals surface area contributed by atoms with Gasteiger partial charge in [-0.25, -0.2) is 4.94 Å². The van der Waals surface area contributed by atoms with Crippen LogP contribution in [0.3, 0.4) is 0 Å². The molecule has 0 aromatic carbocycles. The molecule has 1 radical (unpaired) electrons. The van der Waals surface area contributed by atoms with E-state index in [0.29, 0.717) is 0 Å². The monoisotopic (exact) mass is 141 g/mol. The smallest absolute Gasteiger partial charge is 0.223 e. The summed E-state index contributed by atoms with van der Waals surface area (Å²) >= 11 is 0. The summed E-state index contributed by atoms with van der Waals surface area (Å²) in [7, 11) is 0. The summed E-state index contributed by atoms with van der Waals surface area (Å²) in [4.78, 5) is 11.8. The van der Waals surface area contributed by atoms with Gasteiger partial charge in [-0.3, -0.25) is 0 Å². The van der Waals surface area contributed by atoms with Crippen molar-refractivity contribution in [2.75, 3.05) is 0 Å². The van der Waals surface area contributed by atoms with E-state index in [-0.39, 0.29) is 17.1 Å². The van der Waals surface area contributed by atoms with Crippen LogP contribution in [0.5, 0.6) is 0 Å². The molecular formula is H2CuN2O3. The van der Waals surface area contributed by atoms with Crippen LogP contribution >= 0.6 is 0 Å². The molecule has 6 heteroatoms. The molecule has 0 aliphatic heterocycles. The van der Waals surface area contributed by atoms with Gasteiger partial charge in [0.15, 0.2) is 0 Å². The molecule has 0 aliphatic rings. The summed E-state index contributed by atoms with van der Waals surface area (Å²) in [6, 6.07) is 0. The number of rotatable bonds is 1. The van der Waals surface area contributed by atoms with Crippen LogP contribution in [0, 0.1) is 10.1 Å². The average Bonchev–Trinajstić information content (AvgIpc) is 1.38. The largest absolute Gasteiger partial charge is 0.311 e. The second kappa shape index (κ2) is 4.68. The minimum Gasteiger partial charge on any atom is -0.223 e. The topological polar surface area (TPSA) is 78.4 Å². The molecule has 0 fully saturated rings. The van der Waals surface area contributed by atoms with Gasteiger partial charge in [-0.2, -0.15) is 5.90 Å². The molecule has 41 valence electrons. The van der Waals surface area contributed by atoms with E-state index in [1.807, 2.05) is 0 Å². The Kier molecular flexibility index (Phi) is 7.16. The van der Waals surface area contributed by atoms with Crippen molar-refractivity contribution in [3.05, 3.63) is 10.1 Å². The molecule has 0 bridgehead atoms. The molecule has 0 unspecified atom stereocenters. The molecule has 2 N–H and O–H groups in total. The molecular weight excluding hydrogens is 140 g/mol. The maximum absolute atomic E-state index is 8.83. The van der Waals surface area contributed by atoms with E-state index in [0.717, 1.165) is 0 Å². The Hall–Kier alpha value is -0.321. The fourth-order valence-electron chi connectivity index (χ4n) is 0. The van der Waals surface area contributed by atoms with E-state index in [1.165, 1.54) is 0 Å². The van der Waals surface area contributed by atoms with E-state index in [4.69, 9.17) is 10.1 Å². The summed E-state index contributed by atoms with van der Waals surface area (Å²) in [6.45, 7) is 0. The molecule has 5 nitrogen and oxygen atoms in total. The van der Waals surface area contributed by atoms with Crippen LogP contribution < -0.4 is 5.90 Å². The third kappa shape index (κ3) is 9.37. The predicted octanol–water partition coefficient (Wildman–Crippen LogP) is -0.934. The van der Waals surface area contributed by atoms with Crippen molar-refractivity contribution in [3.63, 3.8) is 0 Å². The van der Waals surface area contributed by atoms with Gasteiger partial charge in [0.1, 0.15) is 0 Å². The van der Waals surface area contributed by atoms with Crippen LogP contribution in [0.4, 0.5) is 0 Å². The molecule has 0 aromatic heterocycles. The maximum Gasteiger partial charge on any atom is 0.311 e. The number of nitrogens with zero attached hydrogens (tertiary/aromatic N) is 1. The molecule has 0 heterocycles. The van der Waals surface area contributed by atoms with Crippen LogP contribution in [0.1, 0.15) is 0 Å². The standard InChI is InChI=1S/Cu.H2N2O3/c;1-5-2(3)4/h;1H2. The van der Waals surface area contributed by atoms with Gasteiger partial charge < -0.3 is 0 Å². The van der Waals surface area contributed by atoms with Crippen molar-refractivity contribution >= 4 is 0 Å². The minimum absolute atomic E-state index is 0.